The maximum absolute atomic E-state index is 13.4. The molecule has 2 fully saturated rings. The SMILES string of the molecule is CC(C)C[C@@H]1CN(C(=O)[C@@H]2C[C@H]2c2ccccc2)[C@@H](CC(C)C)C(=O)N1C. The van der Waals surface area contributed by atoms with Crippen LogP contribution in [0.3, 0.4) is 0 Å². The van der Waals surface area contributed by atoms with Gasteiger partial charge in [-0.3, -0.25) is 9.59 Å². The van der Waals surface area contributed by atoms with E-state index in [2.05, 4.69) is 39.8 Å². The van der Waals surface area contributed by atoms with Gasteiger partial charge in [0, 0.05) is 25.6 Å². The summed E-state index contributed by atoms with van der Waals surface area (Å²) in [6.07, 6.45) is 2.59. The largest absolute Gasteiger partial charge is 0.339 e. The molecule has 3 rings (SSSR count). The number of piperazine rings is 1. The molecule has 4 atom stereocenters. The molecule has 1 heterocycles. The Morgan fingerprint density at radius 3 is 2.30 bits per heavy atom. The van der Waals surface area contributed by atoms with E-state index in [-0.39, 0.29) is 29.8 Å². The van der Waals surface area contributed by atoms with E-state index >= 15 is 0 Å². The zero-order valence-electron chi connectivity index (χ0n) is 17.4. The number of carbonyl (C=O) groups excluding carboxylic acids is 2. The fourth-order valence-electron chi connectivity index (χ4n) is 4.47. The summed E-state index contributed by atoms with van der Waals surface area (Å²) in [5.41, 5.74) is 1.25. The van der Waals surface area contributed by atoms with Crippen LogP contribution in [0.2, 0.25) is 0 Å². The molecule has 0 aromatic heterocycles. The molecule has 1 aromatic carbocycles. The number of likely N-dealkylation sites (N-methyl/N-ethyl adjacent to an activating group) is 1. The van der Waals surface area contributed by atoms with Crippen molar-refractivity contribution in [2.24, 2.45) is 17.8 Å². The molecule has 2 aliphatic rings. The molecular weight excluding hydrogens is 336 g/mol. The van der Waals surface area contributed by atoms with Crippen LogP contribution in [-0.2, 0) is 9.59 Å². The van der Waals surface area contributed by atoms with Crippen LogP contribution in [-0.4, -0.2) is 47.3 Å². The molecule has 148 valence electrons. The Hall–Kier alpha value is -1.84. The Kier molecular flexibility index (Phi) is 5.92. The molecule has 1 saturated carbocycles. The molecule has 0 bridgehead atoms. The molecule has 0 spiro atoms. The molecule has 1 aliphatic heterocycles. The quantitative estimate of drug-likeness (QED) is 0.761. The number of hydrogen-bond acceptors (Lipinski definition) is 2. The Balaban J connectivity index is 1.78. The van der Waals surface area contributed by atoms with Gasteiger partial charge in [0.2, 0.25) is 11.8 Å². The lowest BCUT2D eigenvalue weighted by Gasteiger charge is -2.45. The second-order valence-electron chi connectivity index (χ2n) is 9.23. The summed E-state index contributed by atoms with van der Waals surface area (Å²) < 4.78 is 0. The third-order valence-electron chi connectivity index (χ3n) is 6.02. The standard InChI is InChI=1S/C23H34N2O2/c1-15(2)11-18-14-25(21(12-16(3)4)23(27)24(18)5)22(26)20-13-19(20)17-9-7-6-8-10-17/h6-10,15-16,18-21H,11-14H2,1-5H3/t18-,19+,20-,21+/m1/s1. The zero-order chi connectivity index (χ0) is 19.7. The summed E-state index contributed by atoms with van der Waals surface area (Å²) in [5.74, 6) is 1.54. The monoisotopic (exact) mass is 370 g/mol. The minimum atomic E-state index is -0.303. The molecule has 1 aromatic rings. The predicted octanol–water partition coefficient (Wildman–Crippen LogP) is 3.92. The summed E-state index contributed by atoms with van der Waals surface area (Å²) in [6.45, 7) is 9.28. The number of carbonyl (C=O) groups is 2. The maximum atomic E-state index is 13.4. The van der Waals surface area contributed by atoms with E-state index in [0.29, 0.717) is 24.3 Å². The number of amides is 2. The molecule has 4 heteroatoms. The highest BCUT2D eigenvalue weighted by Crippen LogP contribution is 2.49. The van der Waals surface area contributed by atoms with Crippen molar-refractivity contribution in [3.05, 3.63) is 35.9 Å². The fraction of sp³-hybridized carbons (Fsp3) is 0.652. The van der Waals surface area contributed by atoms with Gasteiger partial charge < -0.3 is 9.80 Å². The molecular formula is C23H34N2O2. The van der Waals surface area contributed by atoms with Gasteiger partial charge in [-0.05, 0) is 42.6 Å². The van der Waals surface area contributed by atoms with Gasteiger partial charge in [-0.25, -0.2) is 0 Å². The Morgan fingerprint density at radius 1 is 1.07 bits per heavy atom. The van der Waals surface area contributed by atoms with Crippen LogP contribution in [0.15, 0.2) is 30.3 Å². The van der Waals surface area contributed by atoms with Crippen molar-refractivity contribution in [2.45, 2.75) is 65.0 Å². The van der Waals surface area contributed by atoms with E-state index in [4.69, 9.17) is 0 Å². The van der Waals surface area contributed by atoms with Gasteiger partial charge in [0.1, 0.15) is 6.04 Å². The first kappa shape index (κ1) is 19.9. The summed E-state index contributed by atoms with van der Waals surface area (Å²) in [7, 11) is 1.91. The summed E-state index contributed by atoms with van der Waals surface area (Å²) in [6, 6.07) is 10.1. The van der Waals surface area contributed by atoms with E-state index in [9.17, 15) is 9.59 Å². The van der Waals surface area contributed by atoms with Gasteiger partial charge in [0.15, 0.2) is 0 Å². The molecule has 1 saturated heterocycles. The van der Waals surface area contributed by atoms with Crippen LogP contribution >= 0.6 is 0 Å². The highest BCUT2D eigenvalue weighted by atomic mass is 16.2. The minimum absolute atomic E-state index is 0.0398. The van der Waals surface area contributed by atoms with Crippen molar-refractivity contribution in [3.8, 4) is 0 Å². The second-order valence-corrected chi connectivity index (χ2v) is 9.23. The van der Waals surface area contributed by atoms with E-state index < -0.39 is 0 Å². The van der Waals surface area contributed by atoms with Gasteiger partial charge >= 0.3 is 0 Å². The highest BCUT2D eigenvalue weighted by molar-refractivity contribution is 5.91. The Labute approximate surface area is 163 Å². The van der Waals surface area contributed by atoms with Gasteiger partial charge in [-0.2, -0.15) is 0 Å². The van der Waals surface area contributed by atoms with Crippen LogP contribution in [0, 0.1) is 17.8 Å². The number of nitrogens with zero attached hydrogens (tertiary/aromatic N) is 2. The fourth-order valence-corrected chi connectivity index (χ4v) is 4.47. The lowest BCUT2D eigenvalue weighted by molar-refractivity contribution is -0.155. The number of hydrogen-bond donors (Lipinski definition) is 0. The summed E-state index contributed by atoms with van der Waals surface area (Å²) in [5, 5.41) is 0. The van der Waals surface area contributed by atoms with E-state index in [1.807, 2.05) is 35.0 Å². The van der Waals surface area contributed by atoms with Crippen molar-refractivity contribution < 1.29 is 9.59 Å². The first-order valence-corrected chi connectivity index (χ1v) is 10.4. The topological polar surface area (TPSA) is 40.6 Å². The summed E-state index contributed by atoms with van der Waals surface area (Å²) in [4.78, 5) is 30.3. The third-order valence-corrected chi connectivity index (χ3v) is 6.02. The normalized spacial score (nSPS) is 28.2. The van der Waals surface area contributed by atoms with E-state index in [0.717, 1.165) is 19.3 Å². The maximum Gasteiger partial charge on any atom is 0.245 e. The Bertz CT molecular complexity index is 670. The van der Waals surface area contributed by atoms with Gasteiger partial charge in [0.05, 0.1) is 0 Å². The Morgan fingerprint density at radius 2 is 1.70 bits per heavy atom. The lowest BCUT2D eigenvalue weighted by atomic mass is 9.93. The highest BCUT2D eigenvalue weighted by Gasteiger charge is 2.50. The first-order chi connectivity index (χ1) is 12.8. The zero-order valence-corrected chi connectivity index (χ0v) is 17.4. The average molecular weight is 371 g/mol. The molecule has 0 unspecified atom stereocenters. The summed E-state index contributed by atoms with van der Waals surface area (Å²) >= 11 is 0. The molecule has 2 amide bonds. The van der Waals surface area contributed by atoms with Gasteiger partial charge in [-0.1, -0.05) is 58.0 Å². The molecule has 27 heavy (non-hydrogen) atoms. The van der Waals surface area contributed by atoms with Crippen LogP contribution in [0.25, 0.3) is 0 Å². The van der Waals surface area contributed by atoms with Crippen LogP contribution in [0.1, 0.15) is 58.4 Å². The lowest BCUT2D eigenvalue weighted by Crippen LogP contribution is -2.62. The number of benzene rings is 1. The van der Waals surface area contributed by atoms with Crippen molar-refractivity contribution in [1.82, 2.24) is 9.80 Å². The predicted molar refractivity (Wildman–Crippen MR) is 108 cm³/mol. The molecule has 4 nitrogen and oxygen atoms in total. The molecule has 0 N–H and O–H groups in total. The third kappa shape index (κ3) is 4.36. The van der Waals surface area contributed by atoms with Gasteiger partial charge in [-0.15, -0.1) is 0 Å². The van der Waals surface area contributed by atoms with Crippen LogP contribution < -0.4 is 0 Å². The second kappa shape index (κ2) is 8.04. The minimum Gasteiger partial charge on any atom is -0.339 e. The van der Waals surface area contributed by atoms with E-state index in [1.54, 1.807) is 0 Å². The van der Waals surface area contributed by atoms with E-state index in [1.165, 1.54) is 5.56 Å². The molecule has 1 aliphatic carbocycles. The number of rotatable bonds is 6. The first-order valence-electron chi connectivity index (χ1n) is 10.4. The van der Waals surface area contributed by atoms with Crippen molar-refractivity contribution in [3.63, 3.8) is 0 Å². The smallest absolute Gasteiger partial charge is 0.245 e. The van der Waals surface area contributed by atoms with Crippen LogP contribution in [0.5, 0.6) is 0 Å². The van der Waals surface area contributed by atoms with Crippen molar-refractivity contribution in [1.29, 1.82) is 0 Å². The van der Waals surface area contributed by atoms with Crippen molar-refractivity contribution >= 4 is 11.8 Å². The average Bonchev–Trinajstić information content (AvgIpc) is 3.41. The van der Waals surface area contributed by atoms with Crippen molar-refractivity contribution in [2.75, 3.05) is 13.6 Å². The van der Waals surface area contributed by atoms with Gasteiger partial charge in [0.25, 0.3) is 0 Å². The van der Waals surface area contributed by atoms with Crippen LogP contribution in [0.4, 0.5) is 0 Å². The molecule has 0 radical (unpaired) electrons.